The molecule has 0 saturated heterocycles. The fraction of sp³-hybridized carbons (Fsp3) is 0.703. The van der Waals surface area contributed by atoms with E-state index >= 15 is 0 Å². The van der Waals surface area contributed by atoms with E-state index in [4.69, 9.17) is 19.3 Å². The molecule has 0 radical (unpaired) electrons. The summed E-state index contributed by atoms with van der Waals surface area (Å²) >= 11 is 0. The van der Waals surface area contributed by atoms with Crippen molar-refractivity contribution < 1.29 is 42.7 Å². The largest absolute Gasteiger partial charge is 0.469 e. The molecule has 0 bridgehead atoms. The van der Waals surface area contributed by atoms with Crippen LogP contribution in [0.25, 0.3) is 0 Å². The molecule has 0 saturated carbocycles. The highest BCUT2D eigenvalue weighted by atomic mass is 31.2. The van der Waals surface area contributed by atoms with Crippen molar-refractivity contribution in [1.82, 2.24) is 0 Å². The van der Waals surface area contributed by atoms with E-state index in [1.54, 1.807) is 12.2 Å². The zero-order valence-electron chi connectivity index (χ0n) is 29.3. The molecule has 0 aromatic heterocycles. The van der Waals surface area contributed by atoms with Gasteiger partial charge in [-0.2, -0.15) is 0 Å². The van der Waals surface area contributed by atoms with Gasteiger partial charge in [-0.25, -0.2) is 4.57 Å². The summed E-state index contributed by atoms with van der Waals surface area (Å²) in [6.07, 6.45) is 31.2. The molecule has 0 spiro atoms. The standard InChI is InChI=1S/C37H63O9P/c1-4-5-21-27-34(38)28-23-18-14-9-7-6-8-10-16-20-25-30-37(40)46-35(32-45-47(41,42)43)31-44-36(39)29-24-19-15-12-11-13-17-22-26-33(2)3/h6-7,10,14,16,18,23,28,33,35H,4-5,8-9,11-13,15,17,19-22,24-27,29-32H2,1-3H3,(H2,41,42,43)/b7-6-,16-10-,18-14-,28-23+/t35-/m1/s1. The van der Waals surface area contributed by atoms with Crippen LogP contribution in [0, 0.1) is 5.92 Å². The summed E-state index contributed by atoms with van der Waals surface area (Å²) in [5, 5.41) is 0. The molecule has 270 valence electrons. The number of ketones is 1. The first-order valence-corrected chi connectivity index (χ1v) is 19.3. The molecule has 0 aliphatic carbocycles. The highest BCUT2D eigenvalue weighted by Crippen LogP contribution is 2.35. The van der Waals surface area contributed by atoms with Crippen molar-refractivity contribution in [1.29, 1.82) is 0 Å². The van der Waals surface area contributed by atoms with Crippen molar-refractivity contribution in [2.75, 3.05) is 13.2 Å². The van der Waals surface area contributed by atoms with Crippen molar-refractivity contribution in [2.24, 2.45) is 5.92 Å². The molecule has 0 aliphatic rings. The second-order valence-electron chi connectivity index (χ2n) is 12.4. The fourth-order valence-corrected chi connectivity index (χ4v) is 4.92. The van der Waals surface area contributed by atoms with Gasteiger partial charge in [0.1, 0.15) is 6.61 Å². The number of carbonyl (C=O) groups is 3. The van der Waals surface area contributed by atoms with Gasteiger partial charge in [-0.3, -0.25) is 18.9 Å². The molecule has 0 rings (SSSR count). The Labute approximate surface area is 284 Å². The minimum atomic E-state index is -4.78. The minimum Gasteiger partial charge on any atom is -0.462 e. The Bertz CT molecular complexity index is 978. The molecule has 0 heterocycles. The first kappa shape index (κ1) is 44.7. The lowest BCUT2D eigenvalue weighted by molar-refractivity contribution is -0.161. The number of esters is 2. The number of carbonyl (C=O) groups excluding carboxylic acids is 3. The molecule has 0 aromatic carbocycles. The number of ether oxygens (including phenoxy) is 2. The summed E-state index contributed by atoms with van der Waals surface area (Å²) in [5.41, 5.74) is 0. The third-order valence-corrected chi connectivity index (χ3v) is 7.74. The zero-order valence-corrected chi connectivity index (χ0v) is 30.2. The van der Waals surface area contributed by atoms with Crippen LogP contribution in [0.1, 0.15) is 143 Å². The normalized spacial score (nSPS) is 13.1. The van der Waals surface area contributed by atoms with Crippen LogP contribution in [-0.4, -0.2) is 46.8 Å². The minimum absolute atomic E-state index is 0.109. The van der Waals surface area contributed by atoms with Gasteiger partial charge >= 0.3 is 19.8 Å². The topological polar surface area (TPSA) is 136 Å². The van der Waals surface area contributed by atoms with E-state index in [2.05, 4.69) is 25.3 Å². The van der Waals surface area contributed by atoms with Crippen molar-refractivity contribution in [3.63, 3.8) is 0 Å². The smallest absolute Gasteiger partial charge is 0.462 e. The third-order valence-electron chi connectivity index (χ3n) is 7.25. The number of hydrogen-bond acceptors (Lipinski definition) is 7. The van der Waals surface area contributed by atoms with E-state index in [0.29, 0.717) is 25.7 Å². The summed E-state index contributed by atoms with van der Waals surface area (Å²) < 4.78 is 26.1. The first-order chi connectivity index (χ1) is 22.5. The van der Waals surface area contributed by atoms with E-state index in [1.807, 2.05) is 36.5 Å². The molecule has 2 N–H and O–H groups in total. The summed E-state index contributed by atoms with van der Waals surface area (Å²) in [4.78, 5) is 54.2. The Balaban J connectivity index is 4.17. The molecule has 47 heavy (non-hydrogen) atoms. The lowest BCUT2D eigenvalue weighted by atomic mass is 10.0. The average molecular weight is 683 g/mol. The highest BCUT2D eigenvalue weighted by molar-refractivity contribution is 7.46. The maximum atomic E-state index is 12.3. The molecule has 0 amide bonds. The average Bonchev–Trinajstić information content (AvgIpc) is 3.01. The molecule has 0 aromatic rings. The van der Waals surface area contributed by atoms with Crippen molar-refractivity contribution >= 4 is 25.5 Å². The van der Waals surface area contributed by atoms with E-state index in [0.717, 1.165) is 57.3 Å². The molecule has 1 atom stereocenters. The Morgan fingerprint density at radius 3 is 1.94 bits per heavy atom. The predicted molar refractivity (Wildman–Crippen MR) is 189 cm³/mol. The summed E-state index contributed by atoms with van der Waals surface area (Å²) in [6, 6.07) is 0. The lowest BCUT2D eigenvalue weighted by Gasteiger charge is -2.18. The molecule has 10 heteroatoms. The van der Waals surface area contributed by atoms with Gasteiger partial charge in [0, 0.05) is 19.3 Å². The first-order valence-electron chi connectivity index (χ1n) is 17.7. The summed E-state index contributed by atoms with van der Waals surface area (Å²) in [7, 11) is -4.78. The molecule has 0 fully saturated rings. The SMILES string of the molecule is CCCCCC(=O)/C=C/C=C\C/C=C\C/C=C\CCCC(=O)O[C@H](COC(=O)CCCCCCCCCCC(C)C)COP(=O)(O)O. The van der Waals surface area contributed by atoms with Gasteiger partial charge in [0.25, 0.3) is 0 Å². The van der Waals surface area contributed by atoms with Crippen molar-refractivity contribution in [3.05, 3.63) is 48.6 Å². The molecular weight excluding hydrogens is 619 g/mol. The Kier molecular flexibility index (Phi) is 29.4. The van der Waals surface area contributed by atoms with Crippen LogP contribution < -0.4 is 0 Å². The number of rotatable bonds is 31. The summed E-state index contributed by atoms with van der Waals surface area (Å²) in [6.45, 7) is 5.72. The monoisotopic (exact) mass is 682 g/mol. The van der Waals surface area contributed by atoms with Gasteiger partial charge in [-0.1, -0.05) is 128 Å². The predicted octanol–water partition coefficient (Wildman–Crippen LogP) is 9.43. The summed E-state index contributed by atoms with van der Waals surface area (Å²) in [5.74, 6) is -0.0637. The molecular formula is C37H63O9P. The Morgan fingerprint density at radius 1 is 0.681 bits per heavy atom. The van der Waals surface area contributed by atoms with Crippen LogP contribution in [-0.2, 0) is 32.9 Å². The van der Waals surface area contributed by atoms with Crippen LogP contribution in [0.4, 0.5) is 0 Å². The van der Waals surface area contributed by atoms with Crippen molar-refractivity contribution in [2.45, 2.75) is 149 Å². The van der Waals surface area contributed by atoms with E-state index < -0.39 is 32.5 Å². The quantitative estimate of drug-likeness (QED) is 0.0183. The Hall–Kier alpha value is -2.32. The number of unbranched alkanes of at least 4 members (excludes halogenated alkanes) is 10. The molecule has 0 aliphatic heterocycles. The zero-order chi connectivity index (χ0) is 35.0. The van der Waals surface area contributed by atoms with Crippen LogP contribution >= 0.6 is 7.82 Å². The van der Waals surface area contributed by atoms with Crippen LogP contribution in [0.15, 0.2) is 48.6 Å². The third kappa shape index (κ3) is 34.8. The van der Waals surface area contributed by atoms with Gasteiger partial charge in [-0.15, -0.1) is 0 Å². The Morgan fingerprint density at radius 2 is 1.28 bits per heavy atom. The second-order valence-corrected chi connectivity index (χ2v) is 13.6. The second kappa shape index (κ2) is 31.0. The number of hydrogen-bond donors (Lipinski definition) is 2. The maximum absolute atomic E-state index is 12.3. The van der Waals surface area contributed by atoms with Crippen LogP contribution in [0.5, 0.6) is 0 Å². The fourth-order valence-electron chi connectivity index (χ4n) is 4.56. The van der Waals surface area contributed by atoms with Gasteiger partial charge in [0.15, 0.2) is 11.9 Å². The number of allylic oxidation sites excluding steroid dienone is 8. The van der Waals surface area contributed by atoms with Crippen LogP contribution in [0.2, 0.25) is 0 Å². The molecule has 0 unspecified atom stereocenters. The molecule has 9 nitrogen and oxygen atoms in total. The van der Waals surface area contributed by atoms with Gasteiger partial charge < -0.3 is 19.3 Å². The van der Waals surface area contributed by atoms with Crippen LogP contribution in [0.3, 0.4) is 0 Å². The lowest BCUT2D eigenvalue weighted by Crippen LogP contribution is -2.29. The van der Waals surface area contributed by atoms with E-state index in [1.165, 1.54) is 32.1 Å². The highest BCUT2D eigenvalue weighted by Gasteiger charge is 2.22. The number of phosphoric acid groups is 1. The van der Waals surface area contributed by atoms with Gasteiger partial charge in [0.05, 0.1) is 6.61 Å². The number of phosphoric ester groups is 1. The van der Waals surface area contributed by atoms with Gasteiger partial charge in [-0.05, 0) is 50.5 Å². The van der Waals surface area contributed by atoms with Crippen molar-refractivity contribution in [3.8, 4) is 0 Å². The maximum Gasteiger partial charge on any atom is 0.469 e. The van der Waals surface area contributed by atoms with E-state index in [-0.39, 0.29) is 25.2 Å². The van der Waals surface area contributed by atoms with Gasteiger partial charge in [0.2, 0.25) is 0 Å². The van der Waals surface area contributed by atoms with E-state index in [9.17, 15) is 18.9 Å².